The Morgan fingerprint density at radius 2 is 2.23 bits per heavy atom. The van der Waals surface area contributed by atoms with Crippen LogP contribution in [-0.4, -0.2) is 44.2 Å². The van der Waals surface area contributed by atoms with Crippen LogP contribution >= 0.6 is 0 Å². The fraction of sp³-hybridized carbons (Fsp3) is 0.533. The van der Waals surface area contributed by atoms with E-state index in [1.807, 2.05) is 26.8 Å². The molecule has 0 aromatic carbocycles. The van der Waals surface area contributed by atoms with Crippen LogP contribution in [0.25, 0.3) is 11.0 Å². The van der Waals surface area contributed by atoms with Crippen LogP contribution in [0.2, 0.25) is 0 Å². The van der Waals surface area contributed by atoms with Crippen molar-refractivity contribution in [3.8, 4) is 0 Å². The average molecular weight is 304 g/mol. The van der Waals surface area contributed by atoms with Crippen molar-refractivity contribution in [1.82, 2.24) is 19.4 Å². The Hall–Kier alpha value is -2.31. The van der Waals surface area contributed by atoms with Crippen molar-refractivity contribution in [2.24, 2.45) is 0 Å². The molecule has 7 nitrogen and oxygen atoms in total. The predicted molar refractivity (Wildman–Crippen MR) is 81.8 cm³/mol. The molecule has 1 amide bonds. The zero-order chi connectivity index (χ0) is 15.9. The number of ether oxygens (including phenoxy) is 1. The van der Waals surface area contributed by atoms with Gasteiger partial charge in [-0.05, 0) is 33.3 Å². The largest absolute Gasteiger partial charge is 0.444 e. The molecule has 3 rings (SSSR count). The maximum atomic E-state index is 12.2. The van der Waals surface area contributed by atoms with Gasteiger partial charge in [-0.2, -0.15) is 0 Å². The number of rotatable bonds is 1. The highest BCUT2D eigenvalue weighted by Gasteiger charge is 2.32. The van der Waals surface area contributed by atoms with Gasteiger partial charge >= 0.3 is 11.8 Å². The molecule has 1 atom stereocenters. The Morgan fingerprint density at radius 3 is 2.95 bits per heavy atom. The predicted octanol–water partition coefficient (Wildman–Crippen LogP) is 1.91. The number of fused-ring (bicyclic) bond motifs is 1. The number of hydrogen-bond donors (Lipinski definition) is 1. The molecule has 1 aliphatic heterocycles. The lowest BCUT2D eigenvalue weighted by Crippen LogP contribution is -2.36. The van der Waals surface area contributed by atoms with Gasteiger partial charge in [0.1, 0.15) is 5.60 Å². The van der Waals surface area contributed by atoms with Crippen LogP contribution in [0.3, 0.4) is 0 Å². The molecule has 0 aliphatic carbocycles. The first-order chi connectivity index (χ1) is 10.3. The third-order valence-corrected chi connectivity index (χ3v) is 3.70. The second-order valence-electron chi connectivity index (χ2n) is 6.56. The summed E-state index contributed by atoms with van der Waals surface area (Å²) < 4.78 is 7.10. The smallest absolute Gasteiger partial charge is 0.410 e. The van der Waals surface area contributed by atoms with Gasteiger partial charge in [-0.15, -0.1) is 0 Å². The molecule has 118 valence electrons. The van der Waals surface area contributed by atoms with Crippen LogP contribution in [0.1, 0.15) is 33.2 Å². The Kier molecular flexibility index (Phi) is 3.42. The number of carbonyl (C=O) groups is 1. The van der Waals surface area contributed by atoms with E-state index in [-0.39, 0.29) is 17.8 Å². The molecule has 1 aliphatic rings. The summed E-state index contributed by atoms with van der Waals surface area (Å²) in [4.78, 5) is 32.8. The summed E-state index contributed by atoms with van der Waals surface area (Å²) in [6, 6.07) is 1.76. The van der Waals surface area contributed by atoms with Gasteiger partial charge in [0.15, 0.2) is 0 Å². The van der Waals surface area contributed by atoms with Gasteiger partial charge in [-0.25, -0.2) is 9.59 Å². The van der Waals surface area contributed by atoms with E-state index >= 15 is 0 Å². The van der Waals surface area contributed by atoms with Gasteiger partial charge in [0.25, 0.3) is 0 Å². The number of pyridine rings is 1. The first kappa shape index (κ1) is 14.6. The fourth-order valence-electron chi connectivity index (χ4n) is 2.79. The number of nitrogens with one attached hydrogen (secondary N) is 1. The summed E-state index contributed by atoms with van der Waals surface area (Å²) in [5.41, 5.74) is 0.844. The molecule has 0 radical (unpaired) electrons. The molecule has 0 spiro atoms. The molecule has 0 saturated carbocycles. The van der Waals surface area contributed by atoms with Crippen LogP contribution in [0.5, 0.6) is 0 Å². The third kappa shape index (κ3) is 2.70. The lowest BCUT2D eigenvalue weighted by molar-refractivity contribution is 0.0289. The highest BCUT2D eigenvalue weighted by molar-refractivity contribution is 5.74. The van der Waals surface area contributed by atoms with E-state index in [0.717, 1.165) is 11.9 Å². The Morgan fingerprint density at radius 1 is 1.45 bits per heavy atom. The molecule has 1 saturated heterocycles. The highest BCUT2D eigenvalue weighted by atomic mass is 16.6. The Labute approximate surface area is 127 Å². The van der Waals surface area contributed by atoms with Crippen LogP contribution in [0.15, 0.2) is 23.3 Å². The molecule has 3 heterocycles. The number of nitrogens with zero attached hydrogens (tertiary/aromatic N) is 3. The molecule has 2 aromatic heterocycles. The number of hydrogen-bond acceptors (Lipinski definition) is 4. The van der Waals surface area contributed by atoms with Gasteiger partial charge in [-0.1, -0.05) is 0 Å². The van der Waals surface area contributed by atoms with Crippen LogP contribution in [0.4, 0.5) is 4.79 Å². The van der Waals surface area contributed by atoms with E-state index in [2.05, 4.69) is 9.97 Å². The minimum Gasteiger partial charge on any atom is -0.444 e. The third-order valence-electron chi connectivity index (χ3n) is 3.70. The van der Waals surface area contributed by atoms with E-state index in [9.17, 15) is 9.59 Å². The van der Waals surface area contributed by atoms with Crippen molar-refractivity contribution in [2.75, 3.05) is 13.1 Å². The monoisotopic (exact) mass is 304 g/mol. The number of aromatic amines is 1. The molecule has 1 N–H and O–H groups in total. The van der Waals surface area contributed by atoms with Crippen molar-refractivity contribution in [1.29, 1.82) is 0 Å². The van der Waals surface area contributed by atoms with Crippen LogP contribution in [-0.2, 0) is 4.74 Å². The summed E-state index contributed by atoms with van der Waals surface area (Å²) in [7, 11) is 0. The van der Waals surface area contributed by atoms with Gasteiger partial charge in [0, 0.05) is 19.3 Å². The van der Waals surface area contributed by atoms with E-state index in [1.165, 1.54) is 0 Å². The highest BCUT2D eigenvalue weighted by Crippen LogP contribution is 2.25. The number of H-pyrrole nitrogens is 1. The van der Waals surface area contributed by atoms with Gasteiger partial charge in [-0.3, -0.25) is 9.55 Å². The number of likely N-dealkylation sites (tertiary alicyclic amines) is 1. The quantitative estimate of drug-likeness (QED) is 0.872. The number of imidazole rings is 1. The summed E-state index contributed by atoms with van der Waals surface area (Å²) in [5, 5.41) is 0. The summed E-state index contributed by atoms with van der Waals surface area (Å²) in [6.45, 7) is 6.59. The van der Waals surface area contributed by atoms with Crippen molar-refractivity contribution < 1.29 is 9.53 Å². The fourth-order valence-corrected chi connectivity index (χ4v) is 2.79. The summed E-state index contributed by atoms with van der Waals surface area (Å²) in [5.74, 6) is 0. The van der Waals surface area contributed by atoms with Crippen LogP contribution in [0, 0.1) is 0 Å². The summed E-state index contributed by atoms with van der Waals surface area (Å²) >= 11 is 0. The molecule has 0 bridgehead atoms. The maximum absolute atomic E-state index is 12.2. The average Bonchev–Trinajstić information content (AvgIpc) is 2.99. The SMILES string of the molecule is CC(C)(C)OC(=O)N1CC[C@@H](n2c(=O)[nH]c3cnccc32)C1. The second-order valence-corrected chi connectivity index (χ2v) is 6.56. The molecule has 7 heteroatoms. The maximum Gasteiger partial charge on any atom is 0.410 e. The minimum absolute atomic E-state index is 0.0452. The molecule has 22 heavy (non-hydrogen) atoms. The van der Waals surface area contributed by atoms with E-state index in [0.29, 0.717) is 18.6 Å². The number of aromatic nitrogens is 3. The van der Waals surface area contributed by atoms with Crippen molar-refractivity contribution in [2.45, 2.75) is 38.8 Å². The molecular formula is C15H20N4O3. The standard InChI is InChI=1S/C15H20N4O3/c1-15(2,3)22-14(21)18-7-5-10(9-18)19-12-4-6-16-8-11(12)17-13(19)20/h4,6,8,10H,5,7,9H2,1-3H3,(H,17,20)/t10-/m1/s1. The number of carbonyl (C=O) groups excluding carboxylic acids is 1. The Bertz CT molecular complexity index is 756. The second kappa shape index (κ2) is 5.15. The first-order valence-electron chi connectivity index (χ1n) is 7.37. The molecule has 2 aromatic rings. The zero-order valence-electron chi connectivity index (χ0n) is 13.0. The lowest BCUT2D eigenvalue weighted by atomic mass is 10.2. The lowest BCUT2D eigenvalue weighted by Gasteiger charge is -2.24. The van der Waals surface area contributed by atoms with Gasteiger partial charge in [0.2, 0.25) is 0 Å². The molecular weight excluding hydrogens is 284 g/mol. The van der Waals surface area contributed by atoms with Gasteiger partial charge < -0.3 is 14.6 Å². The Balaban J connectivity index is 1.82. The van der Waals surface area contributed by atoms with Crippen LogP contribution < -0.4 is 5.69 Å². The van der Waals surface area contributed by atoms with Crippen molar-refractivity contribution in [3.63, 3.8) is 0 Å². The first-order valence-corrected chi connectivity index (χ1v) is 7.37. The van der Waals surface area contributed by atoms with E-state index < -0.39 is 5.60 Å². The van der Waals surface area contributed by atoms with Gasteiger partial charge in [0.05, 0.1) is 23.3 Å². The summed E-state index contributed by atoms with van der Waals surface area (Å²) in [6.07, 6.45) is 3.69. The van der Waals surface area contributed by atoms with Crippen molar-refractivity contribution in [3.05, 3.63) is 28.9 Å². The normalized spacial score (nSPS) is 18.9. The van der Waals surface area contributed by atoms with Crippen molar-refractivity contribution >= 4 is 17.1 Å². The molecule has 1 fully saturated rings. The minimum atomic E-state index is -0.515. The topological polar surface area (TPSA) is 80.2 Å². The van der Waals surface area contributed by atoms with E-state index in [1.54, 1.807) is 21.9 Å². The number of amides is 1. The van der Waals surface area contributed by atoms with E-state index in [4.69, 9.17) is 4.74 Å². The molecule has 0 unspecified atom stereocenters. The zero-order valence-corrected chi connectivity index (χ0v) is 13.0.